The van der Waals surface area contributed by atoms with Crippen molar-refractivity contribution in [3.63, 3.8) is 0 Å². The van der Waals surface area contributed by atoms with E-state index in [0.717, 1.165) is 0 Å². The monoisotopic (exact) mass is 234 g/mol. The molecule has 0 heterocycles. The Morgan fingerprint density at radius 3 is 2.33 bits per heavy atom. The molecule has 0 radical (unpaired) electrons. The van der Waals surface area contributed by atoms with Gasteiger partial charge in [-0.25, -0.2) is 4.79 Å². The summed E-state index contributed by atoms with van der Waals surface area (Å²) in [5, 5.41) is 6.00. The molecule has 0 aromatic carbocycles. The molecule has 88 valence electrons. The second-order valence-electron chi connectivity index (χ2n) is 4.13. The largest absolute Gasteiger partial charge is 0.433 e. The molecule has 0 rings (SSSR count). The van der Waals surface area contributed by atoms with Crippen LogP contribution in [0.3, 0.4) is 0 Å². The smallest absolute Gasteiger partial charge is 0.323 e. The highest BCUT2D eigenvalue weighted by Gasteiger charge is 2.21. The third-order valence-electron chi connectivity index (χ3n) is 1.65. The average Bonchev–Trinajstić information content (AvgIpc) is 2.09. The summed E-state index contributed by atoms with van der Waals surface area (Å²) in [6.45, 7) is 5.77. The summed E-state index contributed by atoms with van der Waals surface area (Å²) in [5.41, 5.74) is 0.339. The maximum Gasteiger partial charge on any atom is 0.433 e. The van der Waals surface area contributed by atoms with Crippen molar-refractivity contribution in [1.29, 1.82) is 0 Å². The third kappa shape index (κ3) is 6.22. The minimum Gasteiger partial charge on any atom is -0.323 e. The summed E-state index contributed by atoms with van der Waals surface area (Å²) < 4.78 is 11.1. The zero-order valence-electron chi connectivity index (χ0n) is 9.79. The van der Waals surface area contributed by atoms with Crippen LogP contribution in [0.5, 0.6) is 0 Å². The molecule has 0 spiro atoms. The van der Waals surface area contributed by atoms with Crippen molar-refractivity contribution in [2.45, 2.75) is 20.8 Å². The minimum absolute atomic E-state index is 0.264. The van der Waals surface area contributed by atoms with Gasteiger partial charge in [0.2, 0.25) is 0 Å². The van der Waals surface area contributed by atoms with Crippen molar-refractivity contribution in [3.05, 3.63) is 0 Å². The van der Waals surface area contributed by atoms with Gasteiger partial charge in [0.05, 0.1) is 11.5 Å². The molecule has 0 fully saturated rings. The number of nitrogens with one attached hydrogen (secondary N) is 1. The normalized spacial score (nSPS) is 14.6. The highest BCUT2D eigenvalue weighted by molar-refractivity contribution is 7.85. The zero-order valence-corrected chi connectivity index (χ0v) is 10.6. The van der Waals surface area contributed by atoms with Gasteiger partial charge >= 0.3 is 6.09 Å². The molecular formula is C9H18N2O3S. The highest BCUT2D eigenvalue weighted by Crippen LogP contribution is 2.17. The number of hydrogen-bond acceptors (Lipinski definition) is 4. The zero-order chi connectivity index (χ0) is 12.1. The Bertz CT molecular complexity index is 282. The van der Waals surface area contributed by atoms with Crippen molar-refractivity contribution >= 4 is 22.6 Å². The number of oxime groups is 1. The summed E-state index contributed by atoms with van der Waals surface area (Å²) in [4.78, 5) is 15.4. The van der Waals surface area contributed by atoms with Crippen LogP contribution >= 0.6 is 0 Å². The van der Waals surface area contributed by atoms with Gasteiger partial charge in [-0.1, -0.05) is 25.9 Å². The molecule has 0 aliphatic carbocycles. The minimum atomic E-state index is -1.00. The van der Waals surface area contributed by atoms with Crippen LogP contribution in [-0.4, -0.2) is 35.1 Å². The molecule has 0 bridgehead atoms. The summed E-state index contributed by atoms with van der Waals surface area (Å²) >= 11 is 0. The number of amides is 1. The number of carbonyl (C=O) groups is 1. The van der Waals surface area contributed by atoms with E-state index in [0.29, 0.717) is 11.5 Å². The van der Waals surface area contributed by atoms with Crippen LogP contribution < -0.4 is 5.32 Å². The molecule has 0 saturated carbocycles. The Morgan fingerprint density at radius 1 is 1.47 bits per heavy atom. The Balaban J connectivity index is 4.63. The first-order valence-corrected chi connectivity index (χ1v) is 6.26. The fourth-order valence-electron chi connectivity index (χ4n) is 0.715. The molecule has 15 heavy (non-hydrogen) atoms. The fourth-order valence-corrected chi connectivity index (χ4v) is 1.59. The van der Waals surface area contributed by atoms with Crippen LogP contribution in [-0.2, 0) is 15.6 Å². The Kier molecular flexibility index (Phi) is 5.49. The van der Waals surface area contributed by atoms with Crippen molar-refractivity contribution in [2.24, 2.45) is 10.6 Å². The number of nitrogens with zero attached hydrogens (tertiary/aromatic N) is 1. The van der Waals surface area contributed by atoms with E-state index in [1.165, 1.54) is 7.05 Å². The van der Waals surface area contributed by atoms with Crippen LogP contribution in [0.25, 0.3) is 0 Å². The first kappa shape index (κ1) is 14.1. The Labute approximate surface area is 92.7 Å². The molecule has 0 aromatic rings. The third-order valence-corrected chi connectivity index (χ3v) is 2.33. The summed E-state index contributed by atoms with van der Waals surface area (Å²) in [5.74, 6) is 0.306. The van der Waals surface area contributed by atoms with E-state index in [1.807, 2.05) is 20.8 Å². The van der Waals surface area contributed by atoms with Crippen molar-refractivity contribution in [2.75, 3.05) is 19.1 Å². The predicted molar refractivity (Wildman–Crippen MR) is 61.4 cm³/mol. The molecule has 1 unspecified atom stereocenters. The SMILES string of the molecule is CNC(=O)O/N=C(/CS(C)=O)C(C)(C)C. The van der Waals surface area contributed by atoms with Crippen LogP contribution in [0.1, 0.15) is 20.8 Å². The molecule has 6 heteroatoms. The van der Waals surface area contributed by atoms with E-state index < -0.39 is 16.9 Å². The van der Waals surface area contributed by atoms with Gasteiger partial charge in [-0.2, -0.15) is 0 Å². The second-order valence-corrected chi connectivity index (χ2v) is 5.57. The van der Waals surface area contributed by atoms with E-state index in [-0.39, 0.29) is 5.41 Å². The van der Waals surface area contributed by atoms with Gasteiger partial charge in [-0.15, -0.1) is 0 Å². The van der Waals surface area contributed by atoms with E-state index in [9.17, 15) is 9.00 Å². The molecule has 0 saturated heterocycles. The predicted octanol–water partition coefficient (Wildman–Crippen LogP) is 1.12. The van der Waals surface area contributed by atoms with Gasteiger partial charge in [0.1, 0.15) is 0 Å². The van der Waals surface area contributed by atoms with E-state index in [1.54, 1.807) is 6.26 Å². The van der Waals surface area contributed by atoms with Gasteiger partial charge < -0.3 is 5.32 Å². The van der Waals surface area contributed by atoms with Gasteiger partial charge in [0.15, 0.2) is 0 Å². The van der Waals surface area contributed by atoms with Crippen LogP contribution in [0.15, 0.2) is 5.16 Å². The number of carbonyl (C=O) groups excluding carboxylic acids is 1. The molecule has 5 nitrogen and oxygen atoms in total. The summed E-state index contributed by atoms with van der Waals surface area (Å²) in [6, 6.07) is 0. The molecule has 0 aliphatic heterocycles. The Morgan fingerprint density at radius 2 is 2.00 bits per heavy atom. The average molecular weight is 234 g/mol. The maximum absolute atomic E-state index is 11.1. The first-order chi connectivity index (χ1) is 6.77. The van der Waals surface area contributed by atoms with Crippen molar-refractivity contribution in [1.82, 2.24) is 5.32 Å². The lowest BCUT2D eigenvalue weighted by atomic mass is 9.91. The molecule has 1 atom stereocenters. The van der Waals surface area contributed by atoms with Gasteiger partial charge in [0, 0.05) is 29.5 Å². The lowest BCUT2D eigenvalue weighted by Gasteiger charge is -2.19. The van der Waals surface area contributed by atoms with Crippen LogP contribution in [0.4, 0.5) is 4.79 Å². The Hall–Kier alpha value is -0.910. The molecule has 0 aliphatic rings. The second kappa shape index (κ2) is 5.85. The maximum atomic E-state index is 11.1. The van der Waals surface area contributed by atoms with Crippen molar-refractivity contribution < 1.29 is 13.8 Å². The lowest BCUT2D eigenvalue weighted by molar-refractivity contribution is 0.152. The fraction of sp³-hybridized carbons (Fsp3) is 0.778. The van der Waals surface area contributed by atoms with Crippen LogP contribution in [0.2, 0.25) is 0 Å². The molecule has 0 aromatic heterocycles. The van der Waals surface area contributed by atoms with E-state index >= 15 is 0 Å². The summed E-state index contributed by atoms with van der Waals surface area (Å²) in [7, 11) is 0.450. The molecule has 1 amide bonds. The van der Waals surface area contributed by atoms with Crippen molar-refractivity contribution in [3.8, 4) is 0 Å². The molecular weight excluding hydrogens is 216 g/mol. The topological polar surface area (TPSA) is 67.8 Å². The lowest BCUT2D eigenvalue weighted by Crippen LogP contribution is -2.27. The van der Waals surface area contributed by atoms with Crippen LogP contribution in [0, 0.1) is 5.41 Å². The molecule has 1 N–H and O–H groups in total. The van der Waals surface area contributed by atoms with Gasteiger partial charge in [-0.3, -0.25) is 9.05 Å². The quantitative estimate of drug-likeness (QED) is 0.452. The van der Waals surface area contributed by atoms with E-state index in [2.05, 4.69) is 15.3 Å². The standard InChI is InChI=1S/C9H18N2O3S/c1-9(2,3)7(6-15(5)13)11-14-8(12)10-4/h6H2,1-5H3,(H,10,12)/b11-7-. The highest BCUT2D eigenvalue weighted by atomic mass is 32.2. The first-order valence-electron chi connectivity index (χ1n) is 4.53. The summed E-state index contributed by atoms with van der Waals surface area (Å²) in [6.07, 6.45) is 0.958. The number of rotatable bonds is 3. The van der Waals surface area contributed by atoms with E-state index in [4.69, 9.17) is 0 Å². The van der Waals surface area contributed by atoms with Gasteiger partial charge in [-0.05, 0) is 0 Å². The van der Waals surface area contributed by atoms with Gasteiger partial charge in [0.25, 0.3) is 0 Å². The number of hydrogen-bond donors (Lipinski definition) is 1.